The van der Waals surface area contributed by atoms with Crippen LogP contribution in [0.25, 0.3) is 0 Å². The van der Waals surface area contributed by atoms with Crippen LogP contribution < -0.4 is 15.8 Å². The van der Waals surface area contributed by atoms with E-state index in [1.54, 1.807) is 19.4 Å². The summed E-state index contributed by atoms with van der Waals surface area (Å²) in [5.74, 6) is 0.707. The van der Waals surface area contributed by atoms with Crippen LogP contribution in [-0.2, 0) is 13.1 Å². The van der Waals surface area contributed by atoms with Crippen LogP contribution in [0.3, 0.4) is 0 Å². The monoisotopic (exact) mass is 286 g/mol. The minimum atomic E-state index is 0.107. The van der Waals surface area contributed by atoms with Crippen LogP contribution in [0.15, 0.2) is 47.8 Å². The fourth-order valence-electron chi connectivity index (χ4n) is 1.92. The van der Waals surface area contributed by atoms with E-state index < -0.39 is 0 Å². The maximum absolute atomic E-state index is 8.68. The molecule has 1 aromatic heterocycles. The Balaban J connectivity index is 1.94. The van der Waals surface area contributed by atoms with Crippen LogP contribution in [0.5, 0.6) is 5.88 Å². The van der Waals surface area contributed by atoms with Gasteiger partial charge in [-0.2, -0.15) is 0 Å². The van der Waals surface area contributed by atoms with Crippen LogP contribution in [0.2, 0.25) is 0 Å². The van der Waals surface area contributed by atoms with E-state index in [1.807, 2.05) is 30.3 Å². The van der Waals surface area contributed by atoms with Crippen molar-refractivity contribution in [2.75, 3.05) is 7.11 Å². The average Bonchev–Trinajstić information content (AvgIpc) is 2.54. The third-order valence-corrected chi connectivity index (χ3v) is 3.00. The fourth-order valence-corrected chi connectivity index (χ4v) is 1.92. The van der Waals surface area contributed by atoms with Crippen LogP contribution in [0.1, 0.15) is 16.7 Å². The number of nitrogens with zero attached hydrogens (tertiary/aromatic N) is 2. The van der Waals surface area contributed by atoms with Crippen molar-refractivity contribution >= 4 is 5.84 Å². The van der Waals surface area contributed by atoms with Gasteiger partial charge in [-0.15, -0.1) is 0 Å². The predicted octanol–water partition coefficient (Wildman–Crippen LogP) is 1.47. The molecule has 1 heterocycles. The highest BCUT2D eigenvalue weighted by Crippen LogP contribution is 2.09. The van der Waals surface area contributed by atoms with E-state index in [-0.39, 0.29) is 5.84 Å². The molecule has 4 N–H and O–H groups in total. The van der Waals surface area contributed by atoms with Gasteiger partial charge in [0.15, 0.2) is 5.84 Å². The SMILES string of the molecule is COc1cc(CNCc2cccc(C(N)=NO)c2)ccn1. The van der Waals surface area contributed by atoms with E-state index in [0.29, 0.717) is 24.5 Å². The maximum Gasteiger partial charge on any atom is 0.213 e. The number of hydrogen-bond donors (Lipinski definition) is 3. The number of rotatable bonds is 6. The molecule has 0 bridgehead atoms. The summed E-state index contributed by atoms with van der Waals surface area (Å²) in [5.41, 5.74) is 8.42. The Morgan fingerprint density at radius 3 is 2.76 bits per heavy atom. The molecule has 2 rings (SSSR count). The van der Waals surface area contributed by atoms with E-state index in [4.69, 9.17) is 15.7 Å². The van der Waals surface area contributed by atoms with Crippen LogP contribution in [0, 0.1) is 0 Å². The number of hydrogen-bond acceptors (Lipinski definition) is 5. The summed E-state index contributed by atoms with van der Waals surface area (Å²) in [5, 5.41) is 15.0. The number of nitrogens with one attached hydrogen (secondary N) is 1. The van der Waals surface area contributed by atoms with Crippen molar-refractivity contribution in [2.45, 2.75) is 13.1 Å². The summed E-state index contributed by atoms with van der Waals surface area (Å²) < 4.78 is 5.08. The Labute approximate surface area is 123 Å². The molecule has 2 aromatic rings. The molecule has 0 fully saturated rings. The van der Waals surface area contributed by atoms with Gasteiger partial charge in [0.1, 0.15) is 0 Å². The third kappa shape index (κ3) is 4.19. The number of pyridine rings is 1. The lowest BCUT2D eigenvalue weighted by Crippen LogP contribution is -2.15. The summed E-state index contributed by atoms with van der Waals surface area (Å²) in [7, 11) is 1.60. The zero-order valence-electron chi connectivity index (χ0n) is 11.8. The second-order valence-electron chi connectivity index (χ2n) is 4.50. The smallest absolute Gasteiger partial charge is 0.213 e. The van der Waals surface area contributed by atoms with Crippen molar-refractivity contribution < 1.29 is 9.94 Å². The van der Waals surface area contributed by atoms with Gasteiger partial charge >= 0.3 is 0 Å². The minimum absolute atomic E-state index is 0.107. The summed E-state index contributed by atoms with van der Waals surface area (Å²) >= 11 is 0. The molecular formula is C15H18N4O2. The minimum Gasteiger partial charge on any atom is -0.481 e. The number of aromatic nitrogens is 1. The summed E-state index contributed by atoms with van der Waals surface area (Å²) in [4.78, 5) is 4.06. The summed E-state index contributed by atoms with van der Waals surface area (Å²) in [6.07, 6.45) is 1.72. The number of nitrogens with two attached hydrogens (primary N) is 1. The van der Waals surface area contributed by atoms with Gasteiger partial charge < -0.3 is 21.0 Å². The highest BCUT2D eigenvalue weighted by Gasteiger charge is 2.01. The number of amidine groups is 1. The molecule has 0 aliphatic carbocycles. The normalized spacial score (nSPS) is 11.4. The van der Waals surface area contributed by atoms with Crippen molar-refractivity contribution in [3.8, 4) is 5.88 Å². The first-order valence-corrected chi connectivity index (χ1v) is 6.49. The Hall–Kier alpha value is -2.60. The molecule has 110 valence electrons. The number of oxime groups is 1. The summed E-state index contributed by atoms with van der Waals surface area (Å²) in [6, 6.07) is 11.4. The third-order valence-electron chi connectivity index (χ3n) is 3.00. The molecule has 0 aliphatic rings. The molecule has 0 amide bonds. The topological polar surface area (TPSA) is 92.8 Å². The zero-order chi connectivity index (χ0) is 15.1. The highest BCUT2D eigenvalue weighted by molar-refractivity contribution is 5.97. The maximum atomic E-state index is 8.68. The lowest BCUT2D eigenvalue weighted by Gasteiger charge is -2.07. The van der Waals surface area contributed by atoms with Crippen molar-refractivity contribution in [1.82, 2.24) is 10.3 Å². The van der Waals surface area contributed by atoms with Crippen LogP contribution in [0.4, 0.5) is 0 Å². The van der Waals surface area contributed by atoms with Gasteiger partial charge in [-0.1, -0.05) is 23.4 Å². The predicted molar refractivity (Wildman–Crippen MR) is 80.3 cm³/mol. The molecular weight excluding hydrogens is 268 g/mol. The first-order chi connectivity index (χ1) is 10.2. The Morgan fingerprint density at radius 2 is 2.05 bits per heavy atom. The molecule has 1 aromatic carbocycles. The molecule has 0 saturated heterocycles. The van der Waals surface area contributed by atoms with Crippen molar-refractivity contribution in [3.05, 3.63) is 59.3 Å². The molecule has 0 atom stereocenters. The molecule has 0 spiro atoms. The zero-order valence-corrected chi connectivity index (χ0v) is 11.8. The lowest BCUT2D eigenvalue weighted by atomic mass is 10.1. The number of benzene rings is 1. The molecule has 21 heavy (non-hydrogen) atoms. The van der Waals surface area contributed by atoms with E-state index >= 15 is 0 Å². The van der Waals surface area contributed by atoms with E-state index in [0.717, 1.165) is 11.1 Å². The molecule has 0 saturated carbocycles. The number of ether oxygens (including phenoxy) is 1. The van der Waals surface area contributed by atoms with Gasteiger partial charge in [-0.05, 0) is 23.3 Å². The van der Waals surface area contributed by atoms with Crippen molar-refractivity contribution in [1.29, 1.82) is 0 Å². The Morgan fingerprint density at radius 1 is 1.29 bits per heavy atom. The fraction of sp³-hybridized carbons (Fsp3) is 0.200. The van der Waals surface area contributed by atoms with Gasteiger partial charge in [-0.3, -0.25) is 0 Å². The van der Waals surface area contributed by atoms with Crippen LogP contribution >= 0.6 is 0 Å². The first kappa shape index (κ1) is 14.8. The van der Waals surface area contributed by atoms with Gasteiger partial charge in [0, 0.05) is 30.9 Å². The van der Waals surface area contributed by atoms with Gasteiger partial charge in [-0.25, -0.2) is 4.98 Å². The second kappa shape index (κ2) is 7.25. The standard InChI is InChI=1S/C15H18N4O2/c1-21-14-8-12(5-6-18-14)10-17-9-11-3-2-4-13(7-11)15(16)19-20/h2-8,17,20H,9-10H2,1H3,(H2,16,19). The van der Waals surface area contributed by atoms with E-state index in [9.17, 15) is 0 Å². The Kier molecular flexibility index (Phi) is 5.11. The molecule has 6 nitrogen and oxygen atoms in total. The van der Waals surface area contributed by atoms with E-state index in [2.05, 4.69) is 15.5 Å². The van der Waals surface area contributed by atoms with E-state index in [1.165, 1.54) is 0 Å². The average molecular weight is 286 g/mol. The molecule has 0 radical (unpaired) electrons. The largest absolute Gasteiger partial charge is 0.481 e. The lowest BCUT2D eigenvalue weighted by molar-refractivity contribution is 0.318. The molecule has 0 unspecified atom stereocenters. The molecule has 6 heteroatoms. The van der Waals surface area contributed by atoms with Crippen LogP contribution in [-0.4, -0.2) is 23.1 Å². The second-order valence-corrected chi connectivity index (χ2v) is 4.50. The quantitative estimate of drug-likeness (QED) is 0.324. The van der Waals surface area contributed by atoms with Gasteiger partial charge in [0.2, 0.25) is 5.88 Å². The summed E-state index contributed by atoms with van der Waals surface area (Å²) in [6.45, 7) is 1.38. The van der Waals surface area contributed by atoms with Crippen molar-refractivity contribution in [3.63, 3.8) is 0 Å². The van der Waals surface area contributed by atoms with Crippen molar-refractivity contribution in [2.24, 2.45) is 10.9 Å². The molecule has 0 aliphatic heterocycles. The van der Waals surface area contributed by atoms with Gasteiger partial charge in [0.25, 0.3) is 0 Å². The first-order valence-electron chi connectivity index (χ1n) is 6.49. The Bertz CT molecular complexity index is 629. The number of methoxy groups -OCH3 is 1. The van der Waals surface area contributed by atoms with Gasteiger partial charge in [0.05, 0.1) is 7.11 Å². The highest BCUT2D eigenvalue weighted by atomic mass is 16.5.